The summed E-state index contributed by atoms with van der Waals surface area (Å²) in [6, 6.07) is 0.962. The molecule has 1 saturated carbocycles. The van der Waals surface area contributed by atoms with E-state index in [0.717, 1.165) is 50.6 Å². The molecule has 0 radical (unpaired) electrons. The number of nitrogens with one attached hydrogen (secondary N) is 2. The van der Waals surface area contributed by atoms with Crippen LogP contribution < -0.4 is 10.6 Å². The molecule has 4 atom stereocenters. The zero-order chi connectivity index (χ0) is 17.6. The van der Waals surface area contributed by atoms with Crippen molar-refractivity contribution in [1.29, 1.82) is 0 Å². The smallest absolute Gasteiger partial charge is 0.191 e. The van der Waals surface area contributed by atoms with Gasteiger partial charge in [0.15, 0.2) is 5.96 Å². The van der Waals surface area contributed by atoms with Gasteiger partial charge in [-0.05, 0) is 26.2 Å². The quantitative estimate of drug-likeness (QED) is 0.531. The first-order chi connectivity index (χ1) is 12.2. The summed E-state index contributed by atoms with van der Waals surface area (Å²) in [5.41, 5.74) is 0. The van der Waals surface area contributed by atoms with Crippen LogP contribution in [0.1, 0.15) is 39.5 Å². The van der Waals surface area contributed by atoms with Crippen LogP contribution in [0.5, 0.6) is 0 Å². The summed E-state index contributed by atoms with van der Waals surface area (Å²) in [5.74, 6) is 1.72. The van der Waals surface area contributed by atoms with Crippen molar-refractivity contribution in [2.24, 2.45) is 4.99 Å². The van der Waals surface area contributed by atoms with Crippen molar-refractivity contribution in [1.82, 2.24) is 20.4 Å². The van der Waals surface area contributed by atoms with Gasteiger partial charge in [0.1, 0.15) is 0 Å². The molecule has 7 heteroatoms. The van der Waals surface area contributed by atoms with Gasteiger partial charge in [-0.25, -0.2) is 0 Å². The second-order valence-electron chi connectivity index (χ2n) is 7.51. The number of hydrogen-bond donors (Lipinski definition) is 2. The van der Waals surface area contributed by atoms with Crippen LogP contribution in [0.2, 0.25) is 0 Å². The second kappa shape index (κ2) is 9.33. The average Bonchev–Trinajstić information content (AvgIpc) is 2.67. The van der Waals surface area contributed by atoms with Gasteiger partial charge in [-0.1, -0.05) is 13.3 Å². The van der Waals surface area contributed by atoms with Crippen LogP contribution >= 0.6 is 0 Å². The Morgan fingerprint density at radius 3 is 2.64 bits per heavy atom. The molecule has 6 nitrogen and oxygen atoms in total. The number of piperazine rings is 3. The van der Waals surface area contributed by atoms with Gasteiger partial charge in [-0.2, -0.15) is 0 Å². The highest BCUT2D eigenvalue weighted by atomic mass is 32.2. The molecular formula is C18H35N5OS. The zero-order valence-electron chi connectivity index (χ0n) is 15.9. The van der Waals surface area contributed by atoms with Crippen molar-refractivity contribution in [3.63, 3.8) is 0 Å². The Morgan fingerprint density at radius 2 is 2.00 bits per heavy atom. The summed E-state index contributed by atoms with van der Waals surface area (Å²) in [5, 5.41) is 7.38. The van der Waals surface area contributed by atoms with Crippen molar-refractivity contribution in [3.8, 4) is 0 Å². The largest absolute Gasteiger partial charge is 0.357 e. The molecule has 4 rings (SSSR count). The number of aliphatic imine (C=N–C) groups is 1. The first-order valence-corrected chi connectivity index (χ1v) is 11.5. The minimum absolute atomic E-state index is 0.354. The highest BCUT2D eigenvalue weighted by Gasteiger charge is 2.31. The monoisotopic (exact) mass is 369 g/mol. The van der Waals surface area contributed by atoms with E-state index >= 15 is 0 Å². The molecule has 2 bridgehead atoms. The molecule has 0 aromatic carbocycles. The Morgan fingerprint density at radius 1 is 1.20 bits per heavy atom. The third-order valence-electron chi connectivity index (χ3n) is 5.82. The molecule has 25 heavy (non-hydrogen) atoms. The van der Waals surface area contributed by atoms with Crippen LogP contribution in [0.15, 0.2) is 4.99 Å². The second-order valence-corrected chi connectivity index (χ2v) is 9.51. The summed E-state index contributed by atoms with van der Waals surface area (Å²) >= 11 is 0. The maximum Gasteiger partial charge on any atom is 0.191 e. The molecule has 0 aromatic heterocycles. The van der Waals surface area contributed by atoms with E-state index in [4.69, 9.17) is 4.99 Å². The van der Waals surface area contributed by atoms with E-state index in [2.05, 4.69) is 27.4 Å². The van der Waals surface area contributed by atoms with E-state index < -0.39 is 10.8 Å². The van der Waals surface area contributed by atoms with Gasteiger partial charge >= 0.3 is 0 Å². The fraction of sp³-hybridized carbons (Fsp3) is 0.944. The molecule has 3 heterocycles. The molecule has 4 aliphatic rings. The van der Waals surface area contributed by atoms with E-state index in [1.54, 1.807) is 0 Å². The highest BCUT2D eigenvalue weighted by Crippen LogP contribution is 2.23. The van der Waals surface area contributed by atoms with Crippen molar-refractivity contribution in [2.45, 2.75) is 56.9 Å². The average molecular weight is 370 g/mol. The maximum atomic E-state index is 12.2. The van der Waals surface area contributed by atoms with Crippen molar-refractivity contribution in [3.05, 3.63) is 0 Å². The Hall–Kier alpha value is -0.660. The lowest BCUT2D eigenvalue weighted by Gasteiger charge is -2.47. The van der Waals surface area contributed by atoms with Crippen LogP contribution in [0, 0.1) is 0 Å². The first kappa shape index (κ1) is 19.1. The van der Waals surface area contributed by atoms with Gasteiger partial charge in [0, 0.05) is 73.2 Å². The van der Waals surface area contributed by atoms with Gasteiger partial charge < -0.3 is 10.6 Å². The summed E-state index contributed by atoms with van der Waals surface area (Å²) < 4.78 is 12.2. The van der Waals surface area contributed by atoms with Crippen molar-refractivity contribution in [2.75, 3.05) is 51.6 Å². The number of nitrogens with zero attached hydrogens (tertiary/aromatic N) is 3. The van der Waals surface area contributed by atoms with E-state index in [1.165, 1.54) is 32.6 Å². The zero-order valence-corrected chi connectivity index (χ0v) is 16.7. The van der Waals surface area contributed by atoms with Crippen LogP contribution in [-0.4, -0.2) is 88.9 Å². The number of guanidine groups is 1. The van der Waals surface area contributed by atoms with Gasteiger partial charge in [0.25, 0.3) is 0 Å². The van der Waals surface area contributed by atoms with Crippen LogP contribution in [0.25, 0.3) is 0 Å². The van der Waals surface area contributed by atoms with Crippen molar-refractivity contribution >= 4 is 16.8 Å². The van der Waals surface area contributed by atoms with Gasteiger partial charge in [0.2, 0.25) is 0 Å². The summed E-state index contributed by atoms with van der Waals surface area (Å²) in [7, 11) is -0.674. The molecular weight excluding hydrogens is 334 g/mol. The summed E-state index contributed by atoms with van der Waals surface area (Å²) in [4.78, 5) is 10.0. The fourth-order valence-corrected chi connectivity index (χ4v) is 5.71. The van der Waals surface area contributed by atoms with Gasteiger partial charge in [0.05, 0.1) is 6.54 Å². The first-order valence-electron chi connectivity index (χ1n) is 10.1. The van der Waals surface area contributed by atoms with E-state index in [1.807, 2.05) is 6.92 Å². The predicted octanol–water partition coefficient (Wildman–Crippen LogP) is 0.621. The lowest BCUT2D eigenvalue weighted by Crippen LogP contribution is -2.62. The Bertz CT molecular complexity index is 478. The number of rotatable bonds is 6. The maximum absolute atomic E-state index is 12.2. The molecule has 144 valence electrons. The predicted molar refractivity (Wildman–Crippen MR) is 106 cm³/mol. The van der Waals surface area contributed by atoms with Gasteiger partial charge in [-0.3, -0.25) is 19.0 Å². The number of hydrogen-bond acceptors (Lipinski definition) is 4. The molecule has 3 saturated heterocycles. The molecule has 2 N–H and O–H groups in total. The minimum atomic E-state index is -0.674. The molecule has 3 aliphatic heterocycles. The van der Waals surface area contributed by atoms with Crippen LogP contribution in [0.4, 0.5) is 0 Å². The summed E-state index contributed by atoms with van der Waals surface area (Å²) in [6.07, 6.45) is 4.44. The Balaban J connectivity index is 1.54. The molecule has 0 aromatic rings. The molecule has 0 spiro atoms. The Labute approximate surface area is 155 Å². The van der Waals surface area contributed by atoms with Crippen LogP contribution in [0.3, 0.4) is 0 Å². The fourth-order valence-electron chi connectivity index (χ4n) is 4.36. The molecule has 0 amide bonds. The van der Waals surface area contributed by atoms with E-state index in [-0.39, 0.29) is 0 Å². The topological polar surface area (TPSA) is 60.0 Å². The molecule has 1 aliphatic carbocycles. The van der Waals surface area contributed by atoms with Crippen molar-refractivity contribution < 1.29 is 4.21 Å². The van der Waals surface area contributed by atoms with Gasteiger partial charge in [-0.15, -0.1) is 0 Å². The third kappa shape index (κ3) is 5.17. The third-order valence-corrected chi connectivity index (χ3v) is 7.56. The Kier molecular flexibility index (Phi) is 7.13. The normalized spacial score (nSPS) is 36.9. The lowest BCUT2D eigenvalue weighted by molar-refractivity contribution is 0.0174. The SMILES string of the molecule is CCNC(=NCC1CN2CCN1CC2)NC1CCCC(S(=O)CC)C1. The van der Waals surface area contributed by atoms with E-state index in [0.29, 0.717) is 17.3 Å². The molecule has 4 fully saturated rings. The summed E-state index contributed by atoms with van der Waals surface area (Å²) in [6.45, 7) is 11.9. The minimum Gasteiger partial charge on any atom is -0.357 e. The lowest BCUT2D eigenvalue weighted by atomic mass is 9.95. The number of fused-ring (bicyclic) bond motifs is 3. The highest BCUT2D eigenvalue weighted by molar-refractivity contribution is 7.85. The van der Waals surface area contributed by atoms with E-state index in [9.17, 15) is 4.21 Å². The standard InChI is InChI=1S/C18H35N5OS/c1-3-19-18(20-13-16-14-22-8-10-23(16)11-9-22)21-15-6-5-7-17(12-15)25(24)4-2/h15-17H,3-14H2,1-2H3,(H2,19,20,21). The molecule has 4 unspecified atom stereocenters. The van der Waals surface area contributed by atoms with Crippen LogP contribution in [-0.2, 0) is 10.8 Å².